The van der Waals surface area contributed by atoms with Crippen molar-refractivity contribution in [2.24, 2.45) is 11.7 Å². The van der Waals surface area contributed by atoms with Gasteiger partial charge in [-0.3, -0.25) is 0 Å². The molecule has 3 atom stereocenters. The third-order valence-corrected chi connectivity index (χ3v) is 4.07. The molecule has 4 nitrogen and oxygen atoms in total. The summed E-state index contributed by atoms with van der Waals surface area (Å²) in [6, 6.07) is 0.375. The van der Waals surface area contributed by atoms with Gasteiger partial charge in [-0.05, 0) is 31.6 Å². The van der Waals surface area contributed by atoms with Crippen molar-refractivity contribution in [2.75, 3.05) is 0 Å². The van der Waals surface area contributed by atoms with E-state index in [0.717, 1.165) is 31.7 Å². The third kappa shape index (κ3) is 1.65. The van der Waals surface area contributed by atoms with E-state index >= 15 is 0 Å². The minimum Gasteiger partial charge on any atom is -0.328 e. The summed E-state index contributed by atoms with van der Waals surface area (Å²) in [5.41, 5.74) is 5.97. The molecule has 0 radical (unpaired) electrons. The molecule has 0 amide bonds. The van der Waals surface area contributed by atoms with Gasteiger partial charge in [0.05, 0.1) is 0 Å². The minimum atomic E-state index is 0.375. The zero-order valence-electron chi connectivity index (χ0n) is 9.89. The van der Waals surface area contributed by atoms with Crippen LogP contribution in [-0.2, 0) is 13.0 Å². The van der Waals surface area contributed by atoms with Crippen LogP contribution >= 0.6 is 0 Å². The average Bonchev–Trinajstić information content (AvgIpc) is 2.83. The quantitative estimate of drug-likeness (QED) is 0.779. The van der Waals surface area contributed by atoms with Crippen LogP contribution < -0.4 is 5.73 Å². The van der Waals surface area contributed by atoms with Crippen LogP contribution in [0.3, 0.4) is 0 Å². The molecule has 1 aliphatic heterocycles. The highest BCUT2D eigenvalue weighted by atomic mass is 15.3. The Labute approximate surface area is 96.2 Å². The molecule has 88 valence electrons. The molecule has 3 unspecified atom stereocenters. The molecule has 2 heterocycles. The molecule has 2 N–H and O–H groups in total. The number of fused-ring (bicyclic) bond motifs is 1. The van der Waals surface area contributed by atoms with E-state index in [-0.39, 0.29) is 0 Å². The van der Waals surface area contributed by atoms with E-state index in [0.29, 0.717) is 12.0 Å². The summed E-state index contributed by atoms with van der Waals surface area (Å²) >= 11 is 0. The summed E-state index contributed by atoms with van der Waals surface area (Å²) in [6.45, 7) is 3.40. The SMILES string of the molecule is CC1CCn2c(nnc2C2CCC(N)C2)C1. The van der Waals surface area contributed by atoms with Crippen molar-refractivity contribution in [1.82, 2.24) is 14.8 Å². The minimum absolute atomic E-state index is 0.375. The molecule has 1 aromatic rings. The number of hydrogen-bond donors (Lipinski definition) is 1. The van der Waals surface area contributed by atoms with Crippen molar-refractivity contribution in [3.05, 3.63) is 11.6 Å². The topological polar surface area (TPSA) is 56.7 Å². The number of rotatable bonds is 1. The monoisotopic (exact) mass is 220 g/mol. The molecule has 1 aromatic heterocycles. The van der Waals surface area contributed by atoms with Crippen molar-refractivity contribution in [2.45, 2.75) is 57.5 Å². The summed E-state index contributed by atoms with van der Waals surface area (Å²) < 4.78 is 2.35. The van der Waals surface area contributed by atoms with Crippen molar-refractivity contribution in [3.8, 4) is 0 Å². The highest BCUT2D eigenvalue weighted by Gasteiger charge is 2.29. The zero-order valence-corrected chi connectivity index (χ0v) is 9.89. The summed E-state index contributed by atoms with van der Waals surface area (Å²) in [5, 5.41) is 8.76. The number of nitrogens with zero attached hydrogens (tertiary/aromatic N) is 3. The molecule has 1 fully saturated rings. The summed E-state index contributed by atoms with van der Waals surface area (Å²) in [5.74, 6) is 3.71. The molecular weight excluding hydrogens is 200 g/mol. The Morgan fingerprint density at radius 3 is 2.88 bits per heavy atom. The lowest BCUT2D eigenvalue weighted by Gasteiger charge is -2.21. The van der Waals surface area contributed by atoms with Crippen LogP contribution in [-0.4, -0.2) is 20.8 Å². The fourth-order valence-corrected chi connectivity index (χ4v) is 3.06. The molecular formula is C12H20N4. The van der Waals surface area contributed by atoms with Crippen LogP contribution in [0.5, 0.6) is 0 Å². The van der Waals surface area contributed by atoms with Gasteiger partial charge in [-0.15, -0.1) is 10.2 Å². The van der Waals surface area contributed by atoms with Crippen molar-refractivity contribution < 1.29 is 0 Å². The first-order valence-corrected chi connectivity index (χ1v) is 6.41. The largest absolute Gasteiger partial charge is 0.328 e. The molecule has 1 aliphatic carbocycles. The van der Waals surface area contributed by atoms with Gasteiger partial charge in [0.2, 0.25) is 0 Å². The fraction of sp³-hybridized carbons (Fsp3) is 0.833. The first-order chi connectivity index (χ1) is 7.74. The van der Waals surface area contributed by atoms with E-state index in [9.17, 15) is 0 Å². The maximum Gasteiger partial charge on any atom is 0.136 e. The summed E-state index contributed by atoms with van der Waals surface area (Å²) in [6.07, 6.45) is 5.77. The van der Waals surface area contributed by atoms with Crippen LogP contribution in [0, 0.1) is 5.92 Å². The summed E-state index contributed by atoms with van der Waals surface area (Å²) in [4.78, 5) is 0. The third-order valence-electron chi connectivity index (χ3n) is 4.07. The summed E-state index contributed by atoms with van der Waals surface area (Å²) in [7, 11) is 0. The molecule has 0 bridgehead atoms. The fourth-order valence-electron chi connectivity index (χ4n) is 3.06. The zero-order chi connectivity index (χ0) is 11.1. The smallest absolute Gasteiger partial charge is 0.136 e. The van der Waals surface area contributed by atoms with Gasteiger partial charge >= 0.3 is 0 Å². The van der Waals surface area contributed by atoms with E-state index in [1.54, 1.807) is 0 Å². The molecule has 0 aromatic carbocycles. The van der Waals surface area contributed by atoms with Gasteiger partial charge in [0.1, 0.15) is 11.6 Å². The number of nitrogens with two attached hydrogens (primary N) is 1. The predicted octanol–water partition coefficient (Wildman–Crippen LogP) is 1.46. The molecule has 0 saturated heterocycles. The Morgan fingerprint density at radius 1 is 1.25 bits per heavy atom. The van der Waals surface area contributed by atoms with Gasteiger partial charge in [0.15, 0.2) is 0 Å². The van der Waals surface area contributed by atoms with Crippen LogP contribution in [0.25, 0.3) is 0 Å². The first-order valence-electron chi connectivity index (χ1n) is 6.41. The lowest BCUT2D eigenvalue weighted by molar-refractivity contribution is 0.396. The van der Waals surface area contributed by atoms with Gasteiger partial charge in [-0.1, -0.05) is 6.92 Å². The van der Waals surface area contributed by atoms with Crippen molar-refractivity contribution in [1.29, 1.82) is 0 Å². The number of hydrogen-bond acceptors (Lipinski definition) is 3. The van der Waals surface area contributed by atoms with E-state index in [1.165, 1.54) is 24.5 Å². The van der Waals surface area contributed by atoms with Gasteiger partial charge < -0.3 is 10.3 Å². The second kappa shape index (κ2) is 3.84. The Hall–Kier alpha value is -0.900. The Balaban J connectivity index is 1.86. The molecule has 3 rings (SSSR count). The highest BCUT2D eigenvalue weighted by Crippen LogP contribution is 2.34. The predicted molar refractivity (Wildman–Crippen MR) is 62.1 cm³/mol. The van der Waals surface area contributed by atoms with Crippen molar-refractivity contribution >= 4 is 0 Å². The maximum absolute atomic E-state index is 5.97. The molecule has 0 spiro atoms. The van der Waals surface area contributed by atoms with E-state index < -0.39 is 0 Å². The van der Waals surface area contributed by atoms with E-state index in [1.807, 2.05) is 0 Å². The Morgan fingerprint density at radius 2 is 2.12 bits per heavy atom. The molecule has 4 heteroatoms. The molecule has 1 saturated carbocycles. The Bertz CT molecular complexity index is 384. The van der Waals surface area contributed by atoms with Gasteiger partial charge in [0.25, 0.3) is 0 Å². The average molecular weight is 220 g/mol. The van der Waals surface area contributed by atoms with Crippen LogP contribution in [0.15, 0.2) is 0 Å². The Kier molecular flexibility index (Phi) is 2.46. The van der Waals surface area contributed by atoms with Crippen LogP contribution in [0.4, 0.5) is 0 Å². The first kappa shape index (κ1) is 10.3. The second-order valence-corrected chi connectivity index (χ2v) is 5.49. The van der Waals surface area contributed by atoms with Gasteiger partial charge in [-0.2, -0.15) is 0 Å². The van der Waals surface area contributed by atoms with E-state index in [2.05, 4.69) is 21.7 Å². The molecule has 16 heavy (non-hydrogen) atoms. The lowest BCUT2D eigenvalue weighted by Crippen LogP contribution is -2.20. The van der Waals surface area contributed by atoms with E-state index in [4.69, 9.17) is 5.73 Å². The van der Waals surface area contributed by atoms with Crippen LogP contribution in [0.2, 0.25) is 0 Å². The van der Waals surface area contributed by atoms with Gasteiger partial charge in [0, 0.05) is 24.9 Å². The van der Waals surface area contributed by atoms with Crippen LogP contribution in [0.1, 0.15) is 50.2 Å². The maximum atomic E-state index is 5.97. The normalized spacial score (nSPS) is 34.0. The second-order valence-electron chi connectivity index (χ2n) is 5.49. The lowest BCUT2D eigenvalue weighted by atomic mass is 9.99. The highest BCUT2D eigenvalue weighted by molar-refractivity contribution is 5.07. The van der Waals surface area contributed by atoms with Crippen molar-refractivity contribution in [3.63, 3.8) is 0 Å². The number of aromatic nitrogens is 3. The standard InChI is InChI=1S/C12H20N4/c1-8-4-5-16-11(6-8)14-15-12(16)9-2-3-10(13)7-9/h8-10H,2-7,13H2,1H3. The molecule has 2 aliphatic rings. The van der Waals surface area contributed by atoms with Gasteiger partial charge in [-0.25, -0.2) is 0 Å².